The molecule has 6 nitrogen and oxygen atoms in total. The number of anilines is 2. The molecule has 2 amide bonds. The van der Waals surface area contributed by atoms with E-state index in [1.165, 1.54) is 28.7 Å². The van der Waals surface area contributed by atoms with Gasteiger partial charge in [-0.3, -0.25) is 14.9 Å². The number of aryl methyl sites for hydroxylation is 1. The summed E-state index contributed by atoms with van der Waals surface area (Å²) in [5, 5.41) is 7.64. The first-order chi connectivity index (χ1) is 16.2. The Hall–Kier alpha value is -3.31. The number of aromatic nitrogens is 2. The summed E-state index contributed by atoms with van der Waals surface area (Å²) in [5.41, 5.74) is 2.51. The van der Waals surface area contributed by atoms with Crippen molar-refractivity contribution in [1.29, 1.82) is 0 Å². The largest absolute Gasteiger partial charge is 0.416 e. The number of rotatable bonds is 5. The summed E-state index contributed by atoms with van der Waals surface area (Å²) in [6.45, 7) is 1.84. The van der Waals surface area contributed by atoms with Gasteiger partial charge in [-0.25, -0.2) is 9.97 Å². The van der Waals surface area contributed by atoms with Crippen molar-refractivity contribution in [1.82, 2.24) is 9.97 Å². The van der Waals surface area contributed by atoms with Crippen molar-refractivity contribution in [2.24, 2.45) is 0 Å². The lowest BCUT2D eigenvalue weighted by atomic mass is 9.93. The van der Waals surface area contributed by atoms with E-state index in [-0.39, 0.29) is 11.8 Å². The SMILES string of the molecule is Cc1cc(NC(=O)C2(c3cccc(C(F)(F)F)c3)CC2)cc2sc(NC(=O)c3cscn3)nc12. The monoisotopic (exact) mass is 502 g/mol. The minimum atomic E-state index is -4.47. The quantitative estimate of drug-likeness (QED) is 0.351. The first-order valence-corrected chi connectivity index (χ1v) is 12.0. The molecule has 4 aromatic rings. The van der Waals surface area contributed by atoms with E-state index in [2.05, 4.69) is 20.6 Å². The lowest BCUT2D eigenvalue weighted by molar-refractivity contribution is -0.137. The molecule has 2 heterocycles. The summed E-state index contributed by atoms with van der Waals surface area (Å²) < 4.78 is 40.2. The number of amides is 2. The van der Waals surface area contributed by atoms with E-state index in [1.54, 1.807) is 29.1 Å². The van der Waals surface area contributed by atoms with Crippen LogP contribution in [0.1, 0.15) is 40.0 Å². The number of hydrogen-bond donors (Lipinski definition) is 2. The molecular formula is C23H17F3N4O2S2. The van der Waals surface area contributed by atoms with Crippen molar-refractivity contribution >= 4 is 55.5 Å². The van der Waals surface area contributed by atoms with Crippen molar-refractivity contribution < 1.29 is 22.8 Å². The number of thiazole rings is 2. The number of alkyl halides is 3. The van der Waals surface area contributed by atoms with Gasteiger partial charge in [0.25, 0.3) is 5.91 Å². The summed E-state index contributed by atoms with van der Waals surface area (Å²) in [7, 11) is 0. The van der Waals surface area contributed by atoms with Gasteiger partial charge in [0.2, 0.25) is 5.91 Å². The highest BCUT2D eigenvalue weighted by molar-refractivity contribution is 7.22. The number of benzene rings is 2. The second-order valence-corrected chi connectivity index (χ2v) is 9.85. The van der Waals surface area contributed by atoms with Gasteiger partial charge in [0, 0.05) is 11.1 Å². The number of carbonyl (C=O) groups is 2. The number of nitrogens with zero attached hydrogens (tertiary/aromatic N) is 2. The molecule has 0 aliphatic heterocycles. The summed E-state index contributed by atoms with van der Waals surface area (Å²) in [5.74, 6) is -0.699. The van der Waals surface area contributed by atoms with Crippen molar-refractivity contribution in [2.45, 2.75) is 31.4 Å². The summed E-state index contributed by atoms with van der Waals surface area (Å²) in [6, 6.07) is 8.47. The Bertz CT molecular complexity index is 1410. The van der Waals surface area contributed by atoms with Crippen LogP contribution in [0.25, 0.3) is 10.2 Å². The van der Waals surface area contributed by atoms with Crippen LogP contribution in [0.3, 0.4) is 0 Å². The molecule has 1 aliphatic carbocycles. The minimum absolute atomic E-state index is 0.304. The van der Waals surface area contributed by atoms with E-state index in [0.717, 1.165) is 22.4 Å². The Kier molecular flexibility index (Phi) is 5.40. The Morgan fingerprint density at radius 1 is 1.12 bits per heavy atom. The Morgan fingerprint density at radius 3 is 2.59 bits per heavy atom. The van der Waals surface area contributed by atoms with Crippen LogP contribution < -0.4 is 10.6 Å². The summed E-state index contributed by atoms with van der Waals surface area (Å²) in [6.07, 6.45) is -3.51. The Labute approximate surface area is 199 Å². The van der Waals surface area contributed by atoms with Gasteiger partial charge in [0.05, 0.1) is 26.7 Å². The second-order valence-electron chi connectivity index (χ2n) is 8.10. The third kappa shape index (κ3) is 4.16. The minimum Gasteiger partial charge on any atom is -0.325 e. The zero-order valence-electron chi connectivity index (χ0n) is 17.7. The maximum Gasteiger partial charge on any atom is 0.416 e. The third-order valence-electron chi connectivity index (χ3n) is 5.76. The van der Waals surface area contributed by atoms with E-state index < -0.39 is 17.2 Å². The molecule has 0 atom stereocenters. The van der Waals surface area contributed by atoms with Crippen molar-refractivity contribution in [3.05, 3.63) is 69.7 Å². The normalized spacial score (nSPS) is 14.7. The van der Waals surface area contributed by atoms with Crippen LogP contribution in [0.15, 0.2) is 47.3 Å². The fourth-order valence-electron chi connectivity index (χ4n) is 3.82. The van der Waals surface area contributed by atoms with Gasteiger partial charge < -0.3 is 5.32 Å². The smallest absolute Gasteiger partial charge is 0.325 e. The van der Waals surface area contributed by atoms with E-state index in [1.807, 2.05) is 6.92 Å². The van der Waals surface area contributed by atoms with Gasteiger partial charge in [-0.2, -0.15) is 13.2 Å². The number of hydrogen-bond acceptors (Lipinski definition) is 6. The Balaban J connectivity index is 1.37. The van der Waals surface area contributed by atoms with Crippen LogP contribution in [0.2, 0.25) is 0 Å². The van der Waals surface area contributed by atoms with Gasteiger partial charge in [0.15, 0.2) is 5.13 Å². The zero-order valence-corrected chi connectivity index (χ0v) is 19.3. The van der Waals surface area contributed by atoms with E-state index in [0.29, 0.717) is 40.4 Å². The van der Waals surface area contributed by atoms with Crippen LogP contribution in [0, 0.1) is 6.92 Å². The molecule has 174 valence electrons. The molecule has 0 spiro atoms. The third-order valence-corrected chi connectivity index (χ3v) is 7.26. The molecule has 0 radical (unpaired) electrons. The van der Waals surface area contributed by atoms with Crippen LogP contribution in [-0.2, 0) is 16.4 Å². The lowest BCUT2D eigenvalue weighted by Gasteiger charge is -2.18. The molecule has 34 heavy (non-hydrogen) atoms. The lowest BCUT2D eigenvalue weighted by Crippen LogP contribution is -2.28. The molecule has 1 fully saturated rings. The molecular weight excluding hydrogens is 485 g/mol. The first-order valence-electron chi connectivity index (χ1n) is 10.3. The van der Waals surface area contributed by atoms with Crippen molar-refractivity contribution in [3.8, 4) is 0 Å². The maximum atomic E-state index is 13.1. The molecule has 0 bridgehead atoms. The van der Waals surface area contributed by atoms with Gasteiger partial charge in [-0.05, 0) is 49.1 Å². The molecule has 2 N–H and O–H groups in total. The fourth-order valence-corrected chi connectivity index (χ4v) is 5.33. The highest BCUT2D eigenvalue weighted by atomic mass is 32.1. The van der Waals surface area contributed by atoms with Gasteiger partial charge in [-0.1, -0.05) is 29.5 Å². The second kappa shape index (κ2) is 8.17. The molecule has 1 aliphatic rings. The van der Waals surface area contributed by atoms with E-state index in [4.69, 9.17) is 0 Å². The predicted molar refractivity (Wildman–Crippen MR) is 125 cm³/mol. The first kappa shape index (κ1) is 22.5. The van der Waals surface area contributed by atoms with Gasteiger partial charge in [-0.15, -0.1) is 11.3 Å². The van der Waals surface area contributed by atoms with Crippen LogP contribution in [-0.4, -0.2) is 21.8 Å². The molecule has 0 unspecified atom stereocenters. The van der Waals surface area contributed by atoms with Crippen LogP contribution in [0.4, 0.5) is 24.0 Å². The summed E-state index contributed by atoms with van der Waals surface area (Å²) >= 11 is 2.57. The average Bonchev–Trinajstić information content (AvgIpc) is 3.21. The number of halogens is 3. The maximum absolute atomic E-state index is 13.1. The number of nitrogens with one attached hydrogen (secondary N) is 2. The van der Waals surface area contributed by atoms with Crippen LogP contribution >= 0.6 is 22.7 Å². The number of carbonyl (C=O) groups excluding carboxylic acids is 2. The molecule has 2 aromatic heterocycles. The van der Waals surface area contributed by atoms with Gasteiger partial charge in [0.1, 0.15) is 5.69 Å². The molecule has 11 heteroatoms. The fraction of sp³-hybridized carbons (Fsp3) is 0.217. The average molecular weight is 503 g/mol. The van der Waals surface area contributed by atoms with Gasteiger partial charge >= 0.3 is 6.18 Å². The van der Waals surface area contributed by atoms with E-state index >= 15 is 0 Å². The molecule has 5 rings (SSSR count). The molecule has 2 aromatic carbocycles. The highest BCUT2D eigenvalue weighted by Gasteiger charge is 2.51. The van der Waals surface area contributed by atoms with Crippen molar-refractivity contribution in [2.75, 3.05) is 10.6 Å². The van der Waals surface area contributed by atoms with E-state index in [9.17, 15) is 22.8 Å². The standard InChI is InChI=1S/C23H17F3N4O2S2/c1-12-7-15(9-17-18(12)29-21(34-17)30-19(31)16-10-33-11-27-16)28-20(32)22(5-6-22)13-3-2-4-14(8-13)23(24,25)26/h2-4,7-11H,5-6H2,1H3,(H,28,32)(H,29,30,31). The molecule has 0 saturated heterocycles. The molecule has 1 saturated carbocycles. The van der Waals surface area contributed by atoms with Crippen molar-refractivity contribution in [3.63, 3.8) is 0 Å². The zero-order chi connectivity index (χ0) is 24.1. The predicted octanol–water partition coefficient (Wildman–Crippen LogP) is 6.00. The Morgan fingerprint density at radius 2 is 1.91 bits per heavy atom. The number of fused-ring (bicyclic) bond motifs is 1. The highest BCUT2D eigenvalue weighted by Crippen LogP contribution is 2.50. The summed E-state index contributed by atoms with van der Waals surface area (Å²) in [4.78, 5) is 33.8. The van der Waals surface area contributed by atoms with Crippen LogP contribution in [0.5, 0.6) is 0 Å². The topological polar surface area (TPSA) is 84.0 Å².